The van der Waals surface area contributed by atoms with Crippen LogP contribution in [0.25, 0.3) is 33.5 Å². The van der Waals surface area contributed by atoms with Crippen molar-refractivity contribution in [2.45, 2.75) is 12.8 Å². The molecule has 0 aliphatic heterocycles. The molecule has 10 heteroatoms. The summed E-state index contributed by atoms with van der Waals surface area (Å²) in [5, 5.41) is 2.89. The van der Waals surface area contributed by atoms with Crippen molar-refractivity contribution in [1.29, 1.82) is 0 Å². The number of nitrogens with zero attached hydrogens (tertiary/aromatic N) is 4. The lowest BCUT2D eigenvalue weighted by atomic mass is 10.0. The topological polar surface area (TPSA) is 106 Å². The molecule has 0 atom stereocenters. The summed E-state index contributed by atoms with van der Waals surface area (Å²) in [6.07, 6.45) is 6.29. The maximum absolute atomic E-state index is 15.2. The first-order valence-corrected chi connectivity index (χ1v) is 11.6. The molecule has 0 saturated carbocycles. The molecule has 0 bridgehead atoms. The minimum atomic E-state index is -0.701. The predicted octanol–water partition coefficient (Wildman–Crippen LogP) is 4.73. The molecule has 186 valence electrons. The van der Waals surface area contributed by atoms with Gasteiger partial charge in [-0.1, -0.05) is 0 Å². The first kappa shape index (κ1) is 24.0. The SMILES string of the molecule is COc1nccc(-c2nc3cc(C(=O)NCCCc4ncc[nH]4)ccc3nc2-c2ccc(F)cc2)c1F. The summed E-state index contributed by atoms with van der Waals surface area (Å²) in [6, 6.07) is 12.1. The zero-order valence-electron chi connectivity index (χ0n) is 19.8. The van der Waals surface area contributed by atoms with Crippen LogP contribution in [0.4, 0.5) is 8.78 Å². The molecule has 5 aromatic rings. The van der Waals surface area contributed by atoms with Gasteiger partial charge in [0.1, 0.15) is 17.3 Å². The number of H-pyrrole nitrogens is 1. The summed E-state index contributed by atoms with van der Waals surface area (Å²) in [7, 11) is 1.32. The molecule has 3 heterocycles. The number of pyridine rings is 1. The Morgan fingerprint density at radius 3 is 2.54 bits per heavy atom. The Morgan fingerprint density at radius 1 is 0.973 bits per heavy atom. The Labute approximate surface area is 210 Å². The minimum Gasteiger partial charge on any atom is -0.479 e. The molecule has 2 aromatic carbocycles. The number of benzene rings is 2. The van der Waals surface area contributed by atoms with Crippen molar-refractivity contribution < 1.29 is 18.3 Å². The molecule has 0 radical (unpaired) electrons. The number of nitrogens with one attached hydrogen (secondary N) is 2. The Hall–Kier alpha value is -4.73. The second-order valence-corrected chi connectivity index (χ2v) is 8.21. The van der Waals surface area contributed by atoms with Gasteiger partial charge in [-0.2, -0.15) is 0 Å². The molecule has 37 heavy (non-hydrogen) atoms. The number of imidazole rings is 1. The van der Waals surface area contributed by atoms with Crippen LogP contribution in [0.3, 0.4) is 0 Å². The van der Waals surface area contributed by atoms with Crippen molar-refractivity contribution in [3.05, 3.63) is 90.1 Å². The van der Waals surface area contributed by atoms with Crippen LogP contribution in [0.2, 0.25) is 0 Å². The second-order valence-electron chi connectivity index (χ2n) is 8.21. The van der Waals surface area contributed by atoms with Crippen LogP contribution >= 0.6 is 0 Å². The van der Waals surface area contributed by atoms with E-state index in [2.05, 4.69) is 25.3 Å². The van der Waals surface area contributed by atoms with E-state index < -0.39 is 11.6 Å². The van der Waals surface area contributed by atoms with Crippen LogP contribution in [0, 0.1) is 11.6 Å². The van der Waals surface area contributed by atoms with Gasteiger partial charge in [0.05, 0.1) is 23.8 Å². The van der Waals surface area contributed by atoms with E-state index in [4.69, 9.17) is 9.72 Å². The highest BCUT2D eigenvalue weighted by molar-refractivity contribution is 5.98. The summed E-state index contributed by atoms with van der Waals surface area (Å²) in [6.45, 7) is 0.472. The summed E-state index contributed by atoms with van der Waals surface area (Å²) >= 11 is 0. The lowest BCUT2D eigenvalue weighted by molar-refractivity contribution is 0.0953. The summed E-state index contributed by atoms with van der Waals surface area (Å²) in [5.74, 6) is -0.695. The molecule has 1 amide bonds. The van der Waals surface area contributed by atoms with Gasteiger partial charge in [0.15, 0.2) is 5.82 Å². The highest BCUT2D eigenvalue weighted by Gasteiger charge is 2.20. The number of aryl methyl sites for hydroxylation is 1. The van der Waals surface area contributed by atoms with E-state index in [1.165, 1.54) is 31.5 Å². The number of aromatic amines is 1. The van der Waals surface area contributed by atoms with Crippen LogP contribution in [-0.2, 0) is 6.42 Å². The number of halogens is 2. The third-order valence-corrected chi connectivity index (χ3v) is 5.78. The molecular weight excluding hydrogens is 478 g/mol. The Balaban J connectivity index is 1.50. The standard InChI is InChI=1S/C27H22F2N6O2/c1-37-27-23(29)19(10-12-33-27)25-24(16-4-7-18(28)8-5-16)34-20-9-6-17(15-21(20)35-25)26(36)32-11-2-3-22-30-13-14-31-22/h4-10,12-15H,2-3,11H2,1H3,(H,30,31)(H,32,36). The van der Waals surface area contributed by atoms with Crippen LogP contribution in [0.15, 0.2) is 67.1 Å². The van der Waals surface area contributed by atoms with E-state index in [-0.39, 0.29) is 23.0 Å². The first-order chi connectivity index (χ1) is 18.0. The third kappa shape index (κ3) is 5.13. The van der Waals surface area contributed by atoms with Crippen molar-refractivity contribution in [1.82, 2.24) is 30.2 Å². The molecule has 2 N–H and O–H groups in total. The fourth-order valence-corrected chi connectivity index (χ4v) is 3.94. The lowest BCUT2D eigenvalue weighted by Crippen LogP contribution is -2.24. The molecular formula is C27H22F2N6O2. The van der Waals surface area contributed by atoms with Crippen molar-refractivity contribution in [2.75, 3.05) is 13.7 Å². The average Bonchev–Trinajstić information content (AvgIpc) is 3.44. The number of fused-ring (bicyclic) bond motifs is 1. The highest BCUT2D eigenvalue weighted by Crippen LogP contribution is 2.34. The quantitative estimate of drug-likeness (QED) is 0.299. The minimum absolute atomic E-state index is 0.119. The van der Waals surface area contributed by atoms with Crippen molar-refractivity contribution >= 4 is 16.9 Å². The fourth-order valence-electron chi connectivity index (χ4n) is 3.94. The maximum atomic E-state index is 15.2. The van der Waals surface area contributed by atoms with E-state index in [9.17, 15) is 9.18 Å². The van der Waals surface area contributed by atoms with Gasteiger partial charge in [0.2, 0.25) is 0 Å². The van der Waals surface area contributed by atoms with Crippen LogP contribution < -0.4 is 10.1 Å². The predicted molar refractivity (Wildman–Crippen MR) is 134 cm³/mol. The normalized spacial score (nSPS) is 11.0. The maximum Gasteiger partial charge on any atom is 0.251 e. The number of hydrogen-bond donors (Lipinski definition) is 2. The van der Waals surface area contributed by atoms with Gasteiger partial charge in [-0.05, 0) is 55.0 Å². The number of aromatic nitrogens is 5. The monoisotopic (exact) mass is 500 g/mol. The van der Waals surface area contributed by atoms with Crippen molar-refractivity contribution in [3.8, 4) is 28.4 Å². The Bertz CT molecular complexity index is 1560. The number of carbonyl (C=O) groups is 1. The van der Waals surface area contributed by atoms with Crippen LogP contribution in [0.5, 0.6) is 5.88 Å². The van der Waals surface area contributed by atoms with Gasteiger partial charge in [-0.15, -0.1) is 0 Å². The molecule has 5 rings (SSSR count). The van der Waals surface area contributed by atoms with Gasteiger partial charge < -0.3 is 15.0 Å². The van der Waals surface area contributed by atoms with Crippen molar-refractivity contribution in [2.24, 2.45) is 0 Å². The summed E-state index contributed by atoms with van der Waals surface area (Å²) in [4.78, 5) is 33.2. The number of rotatable bonds is 8. The molecule has 0 saturated heterocycles. The van der Waals surface area contributed by atoms with E-state index in [0.29, 0.717) is 40.8 Å². The molecule has 0 spiro atoms. The van der Waals surface area contributed by atoms with E-state index >= 15 is 4.39 Å². The first-order valence-electron chi connectivity index (χ1n) is 11.6. The average molecular weight is 501 g/mol. The van der Waals surface area contributed by atoms with Gasteiger partial charge in [-0.3, -0.25) is 4.79 Å². The molecule has 8 nitrogen and oxygen atoms in total. The molecule has 0 fully saturated rings. The number of ether oxygens (including phenoxy) is 1. The smallest absolute Gasteiger partial charge is 0.251 e. The zero-order chi connectivity index (χ0) is 25.8. The lowest BCUT2D eigenvalue weighted by Gasteiger charge is -2.13. The fraction of sp³-hybridized carbons (Fsp3) is 0.148. The molecule has 0 unspecified atom stereocenters. The number of carbonyl (C=O) groups excluding carboxylic acids is 1. The second kappa shape index (κ2) is 10.5. The largest absolute Gasteiger partial charge is 0.479 e. The Kier molecular flexibility index (Phi) is 6.80. The number of hydrogen-bond acceptors (Lipinski definition) is 6. The molecule has 3 aromatic heterocycles. The van der Waals surface area contributed by atoms with Crippen LogP contribution in [0.1, 0.15) is 22.6 Å². The van der Waals surface area contributed by atoms with E-state index in [1.54, 1.807) is 42.7 Å². The van der Waals surface area contributed by atoms with Gasteiger partial charge in [-0.25, -0.2) is 28.7 Å². The van der Waals surface area contributed by atoms with E-state index in [0.717, 1.165) is 12.2 Å². The van der Waals surface area contributed by atoms with Gasteiger partial charge in [0, 0.05) is 48.2 Å². The van der Waals surface area contributed by atoms with E-state index in [1.807, 2.05) is 0 Å². The summed E-state index contributed by atoms with van der Waals surface area (Å²) < 4.78 is 33.8. The van der Waals surface area contributed by atoms with Crippen LogP contribution in [-0.4, -0.2) is 44.5 Å². The Morgan fingerprint density at radius 2 is 1.78 bits per heavy atom. The number of methoxy groups -OCH3 is 1. The third-order valence-electron chi connectivity index (χ3n) is 5.78. The van der Waals surface area contributed by atoms with Crippen molar-refractivity contribution in [3.63, 3.8) is 0 Å². The molecule has 0 aliphatic rings. The van der Waals surface area contributed by atoms with Gasteiger partial charge in [0.25, 0.3) is 11.8 Å². The number of amides is 1. The summed E-state index contributed by atoms with van der Waals surface area (Å²) in [5.41, 5.74) is 2.54. The van der Waals surface area contributed by atoms with Gasteiger partial charge >= 0.3 is 0 Å². The highest BCUT2D eigenvalue weighted by atomic mass is 19.1. The zero-order valence-corrected chi connectivity index (χ0v) is 19.8. The molecule has 0 aliphatic carbocycles.